The second kappa shape index (κ2) is 5.60. The molecule has 0 saturated heterocycles. The molecule has 1 aliphatic rings. The molecule has 0 aliphatic carbocycles. The average molecular weight is 279 g/mol. The van der Waals surface area contributed by atoms with Crippen LogP contribution >= 0.6 is 12.4 Å². The van der Waals surface area contributed by atoms with E-state index in [1.54, 1.807) is 0 Å². The van der Waals surface area contributed by atoms with Crippen LogP contribution in [0.5, 0.6) is 0 Å². The Labute approximate surface area is 116 Å². The summed E-state index contributed by atoms with van der Waals surface area (Å²) in [5, 5.41) is 0. The fourth-order valence-corrected chi connectivity index (χ4v) is 2.42. The van der Waals surface area contributed by atoms with Gasteiger partial charge in [0.15, 0.2) is 0 Å². The monoisotopic (exact) mass is 278 g/mol. The van der Waals surface area contributed by atoms with Crippen molar-refractivity contribution in [3.8, 4) is 11.5 Å². The zero-order chi connectivity index (χ0) is 12.5. The highest BCUT2D eigenvalue weighted by atomic mass is 35.5. The smallest absolute Gasteiger partial charge is 0.129 e. The molecule has 0 aromatic heterocycles. The molecule has 1 heterocycles. The lowest BCUT2D eigenvalue weighted by Crippen LogP contribution is -2.26. The van der Waals surface area contributed by atoms with E-state index in [4.69, 9.17) is 5.73 Å². The predicted molar refractivity (Wildman–Crippen MR) is 83.0 cm³/mol. The van der Waals surface area contributed by atoms with Crippen LogP contribution in [0.25, 0.3) is 0 Å². The molecule has 0 saturated carbocycles. The van der Waals surface area contributed by atoms with Gasteiger partial charge in [-0.25, -0.2) is 0 Å². The molecule has 1 unspecified atom stereocenters. The number of rotatable bonds is 0. The zero-order valence-corrected chi connectivity index (χ0v) is 12.8. The normalized spacial score (nSPS) is 17.7. The first kappa shape index (κ1) is 14.8. The third-order valence-electron chi connectivity index (χ3n) is 2.62. The van der Waals surface area contributed by atoms with Crippen LogP contribution in [0.4, 0.5) is 0 Å². The number of nitrogens with zero attached hydrogens (tertiary/aromatic N) is 1. The summed E-state index contributed by atoms with van der Waals surface area (Å²) >= 11 is 0. The van der Waals surface area contributed by atoms with Gasteiger partial charge in [-0.2, -0.15) is 0 Å². The second-order valence-electron chi connectivity index (χ2n) is 5.41. The van der Waals surface area contributed by atoms with Crippen LogP contribution < -0.4 is 5.73 Å². The van der Waals surface area contributed by atoms with Gasteiger partial charge in [0.2, 0.25) is 0 Å². The van der Waals surface area contributed by atoms with Crippen molar-refractivity contribution in [3.63, 3.8) is 0 Å². The Morgan fingerprint density at radius 1 is 1.28 bits per heavy atom. The number of aliphatic imine (C=N–C) groups is 1. The number of fused-ring (bicyclic) bond motifs is 1. The van der Waals surface area contributed by atoms with Crippen molar-refractivity contribution < 1.29 is 0 Å². The van der Waals surface area contributed by atoms with E-state index in [0.717, 1.165) is 12.0 Å². The van der Waals surface area contributed by atoms with E-state index in [-0.39, 0.29) is 18.4 Å². The maximum absolute atomic E-state index is 5.97. The minimum Gasteiger partial charge on any atom is -0.383 e. The maximum atomic E-state index is 5.97. The van der Waals surface area contributed by atoms with Crippen LogP contribution in [-0.2, 0) is 6.42 Å². The number of benzene rings is 1. The van der Waals surface area contributed by atoms with E-state index in [0.29, 0.717) is 5.84 Å². The predicted octanol–water partition coefficient (Wildman–Crippen LogP) is 2.62. The molecular formula is C14H19ClN2Si. The number of hydrogen-bond donors (Lipinski definition) is 1. The lowest BCUT2D eigenvalue weighted by molar-refractivity contribution is 0.816. The Bertz CT molecular complexity index is 521. The van der Waals surface area contributed by atoms with E-state index in [9.17, 15) is 0 Å². The third kappa shape index (κ3) is 3.62. The third-order valence-corrected chi connectivity index (χ3v) is 3.51. The van der Waals surface area contributed by atoms with Gasteiger partial charge in [-0.3, -0.25) is 4.99 Å². The molecule has 18 heavy (non-hydrogen) atoms. The summed E-state index contributed by atoms with van der Waals surface area (Å²) in [6, 6.07) is 8.21. The van der Waals surface area contributed by atoms with Crippen molar-refractivity contribution in [1.82, 2.24) is 0 Å². The first-order valence-electron chi connectivity index (χ1n) is 5.90. The van der Waals surface area contributed by atoms with Gasteiger partial charge in [0.1, 0.15) is 20.0 Å². The summed E-state index contributed by atoms with van der Waals surface area (Å²) in [7, 11) is -1.33. The fraction of sp³-hybridized carbons (Fsp3) is 0.357. The lowest BCUT2D eigenvalue weighted by Gasteiger charge is -2.18. The van der Waals surface area contributed by atoms with E-state index in [1.807, 2.05) is 18.2 Å². The summed E-state index contributed by atoms with van der Waals surface area (Å²) in [6.07, 6.45) is 0.883. The topological polar surface area (TPSA) is 38.4 Å². The molecular weight excluding hydrogens is 260 g/mol. The van der Waals surface area contributed by atoms with Gasteiger partial charge in [0.25, 0.3) is 0 Å². The summed E-state index contributed by atoms with van der Waals surface area (Å²) in [4.78, 5) is 4.47. The van der Waals surface area contributed by atoms with Gasteiger partial charge in [-0.05, 0) is 5.56 Å². The summed E-state index contributed by atoms with van der Waals surface area (Å²) in [6.45, 7) is 6.72. The van der Waals surface area contributed by atoms with Crippen LogP contribution in [0.2, 0.25) is 19.6 Å². The van der Waals surface area contributed by atoms with E-state index in [1.165, 1.54) is 5.56 Å². The first-order chi connectivity index (χ1) is 7.96. The molecule has 0 spiro atoms. The fourth-order valence-electron chi connectivity index (χ4n) is 1.82. The standard InChI is InChI=1S/C14H18N2Si.ClH/c1-17(2,3)9-8-12-10-11-6-4-5-7-13(11)14(15)16-12;/h4-7,12H,10H2,1-3H3,(H2,15,16);1H. The average Bonchev–Trinajstić information content (AvgIpc) is 2.26. The maximum Gasteiger partial charge on any atom is 0.129 e. The van der Waals surface area contributed by atoms with E-state index >= 15 is 0 Å². The van der Waals surface area contributed by atoms with Crippen LogP contribution in [0, 0.1) is 11.5 Å². The van der Waals surface area contributed by atoms with Crippen molar-refractivity contribution >= 4 is 26.3 Å². The van der Waals surface area contributed by atoms with Crippen LogP contribution in [0.3, 0.4) is 0 Å². The van der Waals surface area contributed by atoms with Crippen molar-refractivity contribution in [2.45, 2.75) is 32.1 Å². The van der Waals surface area contributed by atoms with Gasteiger partial charge >= 0.3 is 0 Å². The molecule has 0 radical (unpaired) electrons. The molecule has 1 aliphatic heterocycles. The van der Waals surface area contributed by atoms with Gasteiger partial charge in [-0.15, -0.1) is 18.0 Å². The SMILES string of the molecule is C[Si](C)(C)C#CC1Cc2ccccc2C(N)=N1.Cl. The van der Waals surface area contributed by atoms with Gasteiger partial charge in [0.05, 0.1) is 0 Å². The highest BCUT2D eigenvalue weighted by Gasteiger charge is 2.17. The van der Waals surface area contributed by atoms with Crippen LogP contribution in [0.1, 0.15) is 11.1 Å². The highest BCUT2D eigenvalue weighted by molar-refractivity contribution is 6.83. The summed E-state index contributed by atoms with van der Waals surface area (Å²) < 4.78 is 0. The molecule has 96 valence electrons. The Morgan fingerprint density at radius 2 is 1.94 bits per heavy atom. The number of amidine groups is 1. The van der Waals surface area contributed by atoms with Crippen molar-refractivity contribution in [1.29, 1.82) is 0 Å². The quantitative estimate of drug-likeness (QED) is 0.575. The Morgan fingerprint density at radius 3 is 2.61 bits per heavy atom. The number of halogens is 1. The second-order valence-corrected chi connectivity index (χ2v) is 10.2. The molecule has 0 bridgehead atoms. The van der Waals surface area contributed by atoms with Crippen LogP contribution in [-0.4, -0.2) is 20.0 Å². The molecule has 1 atom stereocenters. The van der Waals surface area contributed by atoms with Gasteiger partial charge in [0, 0.05) is 12.0 Å². The Kier molecular flexibility index (Phi) is 4.61. The minimum absolute atomic E-state index is 0. The minimum atomic E-state index is -1.33. The Hall–Kier alpha value is -1.24. The van der Waals surface area contributed by atoms with Crippen molar-refractivity contribution in [2.75, 3.05) is 0 Å². The number of hydrogen-bond acceptors (Lipinski definition) is 2. The van der Waals surface area contributed by atoms with Crippen LogP contribution in [0.15, 0.2) is 29.3 Å². The molecule has 1 aromatic rings. The lowest BCUT2D eigenvalue weighted by atomic mass is 9.97. The van der Waals surface area contributed by atoms with Gasteiger partial charge < -0.3 is 5.73 Å². The first-order valence-corrected chi connectivity index (χ1v) is 9.40. The van der Waals surface area contributed by atoms with E-state index in [2.05, 4.69) is 42.2 Å². The number of nitrogens with two attached hydrogens (primary N) is 1. The van der Waals surface area contributed by atoms with Crippen molar-refractivity contribution in [3.05, 3.63) is 35.4 Å². The molecule has 2 nitrogen and oxygen atoms in total. The van der Waals surface area contributed by atoms with Crippen molar-refractivity contribution in [2.24, 2.45) is 10.7 Å². The zero-order valence-electron chi connectivity index (χ0n) is 11.0. The summed E-state index contributed by atoms with van der Waals surface area (Å²) in [5.74, 6) is 3.90. The molecule has 0 amide bonds. The van der Waals surface area contributed by atoms with Gasteiger partial charge in [-0.1, -0.05) is 49.8 Å². The van der Waals surface area contributed by atoms with E-state index < -0.39 is 8.07 Å². The molecule has 1 aromatic carbocycles. The molecule has 0 fully saturated rings. The molecule has 4 heteroatoms. The Balaban J connectivity index is 0.00000162. The largest absolute Gasteiger partial charge is 0.383 e. The molecule has 2 rings (SSSR count). The summed E-state index contributed by atoms with van der Waals surface area (Å²) in [5.41, 5.74) is 11.7. The molecule has 2 N–H and O–H groups in total. The highest BCUT2D eigenvalue weighted by Crippen LogP contribution is 2.17.